The highest BCUT2D eigenvalue weighted by Gasteiger charge is 2.13. The van der Waals surface area contributed by atoms with Crippen molar-refractivity contribution in [3.8, 4) is 0 Å². The maximum Gasteiger partial charge on any atom is 0.163 e. The first-order valence-electron chi connectivity index (χ1n) is 3.90. The van der Waals surface area contributed by atoms with Crippen molar-refractivity contribution in [1.29, 1.82) is 0 Å². The van der Waals surface area contributed by atoms with E-state index < -0.39 is 11.6 Å². The molecule has 80 valence electrons. The Hall–Kier alpha value is -0.380. The fourth-order valence-electron chi connectivity index (χ4n) is 1.08. The SMILES string of the molecule is CC(N)Cc1c(Cl)ccc(F)c1F.Cl. The lowest BCUT2D eigenvalue weighted by Crippen LogP contribution is -2.19. The molecular weight excluding hydrogens is 231 g/mol. The Morgan fingerprint density at radius 3 is 2.50 bits per heavy atom. The van der Waals surface area contributed by atoms with Crippen LogP contribution < -0.4 is 5.73 Å². The molecular formula is C9H11Cl2F2N. The summed E-state index contributed by atoms with van der Waals surface area (Å²) < 4.78 is 25.8. The number of nitrogens with two attached hydrogens (primary N) is 1. The molecule has 1 unspecified atom stereocenters. The van der Waals surface area contributed by atoms with E-state index in [0.29, 0.717) is 0 Å². The second-order valence-corrected chi connectivity index (χ2v) is 3.41. The number of hydrogen-bond acceptors (Lipinski definition) is 1. The van der Waals surface area contributed by atoms with E-state index in [0.717, 1.165) is 6.07 Å². The van der Waals surface area contributed by atoms with Crippen molar-refractivity contribution in [2.24, 2.45) is 5.73 Å². The Bertz CT molecular complexity index is 316. The molecule has 1 aromatic rings. The average molecular weight is 242 g/mol. The van der Waals surface area contributed by atoms with Crippen molar-refractivity contribution in [3.05, 3.63) is 34.4 Å². The molecule has 0 saturated carbocycles. The van der Waals surface area contributed by atoms with Gasteiger partial charge in [-0.2, -0.15) is 0 Å². The number of benzene rings is 1. The van der Waals surface area contributed by atoms with Gasteiger partial charge in [-0.15, -0.1) is 12.4 Å². The van der Waals surface area contributed by atoms with Crippen LogP contribution >= 0.6 is 24.0 Å². The van der Waals surface area contributed by atoms with Gasteiger partial charge in [0.25, 0.3) is 0 Å². The summed E-state index contributed by atoms with van der Waals surface area (Å²) in [5.74, 6) is -1.79. The van der Waals surface area contributed by atoms with Crippen LogP contribution in [0.3, 0.4) is 0 Å². The minimum Gasteiger partial charge on any atom is -0.328 e. The predicted molar refractivity (Wildman–Crippen MR) is 56.0 cm³/mol. The zero-order chi connectivity index (χ0) is 10.0. The van der Waals surface area contributed by atoms with Crippen molar-refractivity contribution in [2.45, 2.75) is 19.4 Å². The van der Waals surface area contributed by atoms with Crippen LogP contribution in [0.15, 0.2) is 12.1 Å². The topological polar surface area (TPSA) is 26.0 Å². The van der Waals surface area contributed by atoms with Gasteiger partial charge in [0.05, 0.1) is 0 Å². The molecule has 0 bridgehead atoms. The van der Waals surface area contributed by atoms with Gasteiger partial charge < -0.3 is 5.73 Å². The third kappa shape index (κ3) is 3.08. The van der Waals surface area contributed by atoms with Crippen molar-refractivity contribution >= 4 is 24.0 Å². The zero-order valence-electron chi connectivity index (χ0n) is 7.56. The number of rotatable bonds is 2. The van der Waals surface area contributed by atoms with Crippen LogP contribution in [0.2, 0.25) is 5.02 Å². The Balaban J connectivity index is 0.00000169. The van der Waals surface area contributed by atoms with Crippen LogP contribution in [0.5, 0.6) is 0 Å². The minimum atomic E-state index is -0.898. The predicted octanol–water partition coefficient (Wildman–Crippen LogP) is 2.93. The molecule has 0 radical (unpaired) electrons. The summed E-state index contributed by atoms with van der Waals surface area (Å²) in [6, 6.07) is 2.09. The Morgan fingerprint density at radius 1 is 1.43 bits per heavy atom. The second kappa shape index (κ2) is 5.49. The largest absolute Gasteiger partial charge is 0.328 e. The van der Waals surface area contributed by atoms with Crippen LogP contribution in [0.1, 0.15) is 12.5 Å². The second-order valence-electron chi connectivity index (χ2n) is 3.00. The van der Waals surface area contributed by atoms with Crippen molar-refractivity contribution in [2.75, 3.05) is 0 Å². The third-order valence-electron chi connectivity index (χ3n) is 1.67. The summed E-state index contributed by atoms with van der Waals surface area (Å²) in [6.07, 6.45) is 0.239. The summed E-state index contributed by atoms with van der Waals surface area (Å²) in [6.45, 7) is 1.71. The maximum atomic E-state index is 13.1. The molecule has 0 spiro atoms. The lowest BCUT2D eigenvalue weighted by Gasteiger charge is -2.08. The molecule has 5 heteroatoms. The summed E-state index contributed by atoms with van der Waals surface area (Å²) in [4.78, 5) is 0. The first kappa shape index (κ1) is 13.6. The van der Waals surface area contributed by atoms with Gasteiger partial charge >= 0.3 is 0 Å². The van der Waals surface area contributed by atoms with E-state index in [2.05, 4.69) is 0 Å². The minimum absolute atomic E-state index is 0. The summed E-state index contributed by atoms with van der Waals surface area (Å²) in [5.41, 5.74) is 5.61. The van der Waals surface area contributed by atoms with Gasteiger partial charge in [0.2, 0.25) is 0 Å². The monoisotopic (exact) mass is 241 g/mol. The maximum absolute atomic E-state index is 13.1. The quantitative estimate of drug-likeness (QED) is 0.793. The highest BCUT2D eigenvalue weighted by atomic mass is 35.5. The Kier molecular flexibility index (Phi) is 5.34. The van der Waals surface area contributed by atoms with Crippen molar-refractivity contribution < 1.29 is 8.78 Å². The highest BCUT2D eigenvalue weighted by molar-refractivity contribution is 6.31. The van der Waals surface area contributed by atoms with E-state index in [9.17, 15) is 8.78 Å². The molecule has 0 aliphatic rings. The van der Waals surface area contributed by atoms with E-state index in [1.165, 1.54) is 6.07 Å². The molecule has 0 amide bonds. The molecule has 1 nitrogen and oxygen atoms in total. The summed E-state index contributed by atoms with van der Waals surface area (Å²) >= 11 is 5.68. The van der Waals surface area contributed by atoms with Gasteiger partial charge in [-0.1, -0.05) is 11.6 Å². The molecule has 1 atom stereocenters. The fraction of sp³-hybridized carbons (Fsp3) is 0.333. The van der Waals surface area contributed by atoms with Crippen molar-refractivity contribution in [1.82, 2.24) is 0 Å². The smallest absolute Gasteiger partial charge is 0.163 e. The molecule has 0 aliphatic heterocycles. The first-order valence-corrected chi connectivity index (χ1v) is 4.28. The molecule has 1 aromatic carbocycles. The van der Waals surface area contributed by atoms with Gasteiger partial charge in [0.1, 0.15) is 0 Å². The molecule has 14 heavy (non-hydrogen) atoms. The molecule has 0 fully saturated rings. The lowest BCUT2D eigenvalue weighted by molar-refractivity contribution is 0.495. The van der Waals surface area contributed by atoms with E-state index in [-0.39, 0.29) is 35.5 Å². The molecule has 0 aromatic heterocycles. The van der Waals surface area contributed by atoms with Gasteiger partial charge in [0, 0.05) is 16.6 Å². The molecule has 2 N–H and O–H groups in total. The standard InChI is InChI=1S/C9H10ClF2N.ClH/c1-5(13)4-6-7(10)2-3-8(11)9(6)12;/h2-3,5H,4,13H2,1H3;1H. The lowest BCUT2D eigenvalue weighted by atomic mass is 10.1. The zero-order valence-corrected chi connectivity index (χ0v) is 9.13. The van der Waals surface area contributed by atoms with Crippen LogP contribution in [0, 0.1) is 11.6 Å². The Labute approximate surface area is 92.7 Å². The molecule has 0 heterocycles. The number of hydrogen-bond donors (Lipinski definition) is 1. The number of halogens is 4. The van der Waals surface area contributed by atoms with Crippen molar-refractivity contribution in [3.63, 3.8) is 0 Å². The first-order chi connectivity index (χ1) is 6.02. The van der Waals surface area contributed by atoms with Gasteiger partial charge in [-0.3, -0.25) is 0 Å². The summed E-state index contributed by atoms with van der Waals surface area (Å²) in [7, 11) is 0. The van der Waals surface area contributed by atoms with Crippen LogP contribution in [-0.2, 0) is 6.42 Å². The van der Waals surface area contributed by atoms with E-state index in [4.69, 9.17) is 17.3 Å². The average Bonchev–Trinajstić information content (AvgIpc) is 2.05. The normalized spacial score (nSPS) is 12.1. The van der Waals surface area contributed by atoms with Crippen LogP contribution in [-0.4, -0.2) is 6.04 Å². The van der Waals surface area contributed by atoms with Gasteiger partial charge in [-0.05, 0) is 25.5 Å². The van der Waals surface area contributed by atoms with Gasteiger partial charge in [0.15, 0.2) is 11.6 Å². The van der Waals surface area contributed by atoms with E-state index in [1.54, 1.807) is 6.92 Å². The van der Waals surface area contributed by atoms with E-state index >= 15 is 0 Å². The Morgan fingerprint density at radius 2 is 2.00 bits per heavy atom. The fourth-order valence-corrected chi connectivity index (χ4v) is 1.30. The molecule has 0 saturated heterocycles. The van der Waals surface area contributed by atoms with Crippen LogP contribution in [0.25, 0.3) is 0 Å². The molecule has 1 rings (SSSR count). The molecule has 0 aliphatic carbocycles. The van der Waals surface area contributed by atoms with E-state index in [1.807, 2.05) is 0 Å². The summed E-state index contributed by atoms with van der Waals surface area (Å²) in [5, 5.41) is 0.219. The van der Waals surface area contributed by atoms with Crippen LogP contribution in [0.4, 0.5) is 8.78 Å². The third-order valence-corrected chi connectivity index (χ3v) is 2.02. The highest BCUT2D eigenvalue weighted by Crippen LogP contribution is 2.22. The van der Waals surface area contributed by atoms with Gasteiger partial charge in [-0.25, -0.2) is 8.78 Å².